The predicted molar refractivity (Wildman–Crippen MR) is 113 cm³/mol. The molecule has 0 aliphatic rings. The molecule has 0 saturated heterocycles. The van der Waals surface area contributed by atoms with Crippen molar-refractivity contribution in [2.75, 3.05) is 4.90 Å². The first-order valence-electron chi connectivity index (χ1n) is 9.30. The SMILES string of the molecule is CCc1c(CN(c2cccc(Cl)c2)c2ccncn2)c2ccc(F)c(F)c2[nH]c1=O. The first-order chi connectivity index (χ1) is 14.5. The van der Waals surface area contributed by atoms with Crippen molar-refractivity contribution in [3.8, 4) is 0 Å². The van der Waals surface area contributed by atoms with Crippen molar-refractivity contribution in [2.45, 2.75) is 19.9 Å². The summed E-state index contributed by atoms with van der Waals surface area (Å²) in [4.78, 5) is 25.3. The Balaban J connectivity index is 1.96. The molecule has 0 aliphatic carbocycles. The maximum absolute atomic E-state index is 14.4. The first-order valence-corrected chi connectivity index (χ1v) is 9.68. The number of benzene rings is 2. The van der Waals surface area contributed by atoms with E-state index in [0.29, 0.717) is 33.8 Å². The summed E-state index contributed by atoms with van der Waals surface area (Å²) < 4.78 is 28.2. The van der Waals surface area contributed by atoms with Crippen LogP contribution in [0.5, 0.6) is 0 Å². The van der Waals surface area contributed by atoms with Gasteiger partial charge >= 0.3 is 0 Å². The van der Waals surface area contributed by atoms with Crippen LogP contribution in [0, 0.1) is 11.6 Å². The average molecular weight is 427 g/mol. The van der Waals surface area contributed by atoms with Gasteiger partial charge in [0.15, 0.2) is 11.6 Å². The van der Waals surface area contributed by atoms with Crippen LogP contribution < -0.4 is 10.5 Å². The van der Waals surface area contributed by atoms with Crippen LogP contribution >= 0.6 is 11.6 Å². The molecule has 2 aromatic carbocycles. The Bertz CT molecular complexity index is 1280. The lowest BCUT2D eigenvalue weighted by Crippen LogP contribution is -2.23. The number of aromatic nitrogens is 3. The third kappa shape index (κ3) is 3.64. The average Bonchev–Trinajstić information content (AvgIpc) is 2.75. The van der Waals surface area contributed by atoms with Gasteiger partial charge in [0.25, 0.3) is 5.56 Å². The van der Waals surface area contributed by atoms with Crippen LogP contribution in [0.15, 0.2) is 59.8 Å². The summed E-state index contributed by atoms with van der Waals surface area (Å²) in [6.07, 6.45) is 3.44. The largest absolute Gasteiger partial charge is 0.322 e. The molecule has 0 bridgehead atoms. The van der Waals surface area contributed by atoms with Crippen LogP contribution in [0.1, 0.15) is 18.1 Å². The van der Waals surface area contributed by atoms with Crippen molar-refractivity contribution in [3.05, 3.63) is 93.1 Å². The molecule has 0 radical (unpaired) electrons. The molecule has 8 heteroatoms. The van der Waals surface area contributed by atoms with Gasteiger partial charge in [0.2, 0.25) is 0 Å². The van der Waals surface area contributed by atoms with E-state index >= 15 is 0 Å². The van der Waals surface area contributed by atoms with Crippen LogP contribution in [0.4, 0.5) is 20.3 Å². The van der Waals surface area contributed by atoms with E-state index in [9.17, 15) is 13.6 Å². The summed E-state index contributed by atoms with van der Waals surface area (Å²) in [6.45, 7) is 2.04. The number of rotatable bonds is 5. The molecular weight excluding hydrogens is 410 g/mol. The van der Waals surface area contributed by atoms with Gasteiger partial charge in [-0.25, -0.2) is 18.7 Å². The lowest BCUT2D eigenvalue weighted by molar-refractivity contribution is 0.515. The van der Waals surface area contributed by atoms with E-state index < -0.39 is 17.2 Å². The van der Waals surface area contributed by atoms with Crippen molar-refractivity contribution < 1.29 is 8.78 Å². The fraction of sp³-hybridized carbons (Fsp3) is 0.136. The van der Waals surface area contributed by atoms with Gasteiger partial charge in [-0.05, 0) is 48.4 Å². The highest BCUT2D eigenvalue weighted by Crippen LogP contribution is 2.31. The highest BCUT2D eigenvalue weighted by Gasteiger charge is 2.20. The van der Waals surface area contributed by atoms with E-state index in [2.05, 4.69) is 15.0 Å². The minimum atomic E-state index is -1.08. The standard InChI is InChI=1S/C22H17ClF2N4O/c1-2-15-17(16-6-7-18(24)20(25)21(16)28-22(15)30)11-29(19-8-9-26-12-27-19)14-5-3-4-13(23)10-14/h3-10,12H,2,11H2,1H3,(H,28,30). The molecule has 0 unspecified atom stereocenters. The van der Waals surface area contributed by atoms with Gasteiger partial charge in [-0.1, -0.05) is 24.6 Å². The summed E-state index contributed by atoms with van der Waals surface area (Å²) in [6, 6.07) is 11.4. The smallest absolute Gasteiger partial charge is 0.252 e. The van der Waals surface area contributed by atoms with E-state index in [0.717, 1.165) is 11.8 Å². The molecule has 0 atom stereocenters. The molecule has 5 nitrogen and oxygen atoms in total. The molecule has 0 spiro atoms. The van der Waals surface area contributed by atoms with Crippen LogP contribution in [0.25, 0.3) is 10.9 Å². The zero-order valence-electron chi connectivity index (χ0n) is 16.0. The maximum Gasteiger partial charge on any atom is 0.252 e. The van der Waals surface area contributed by atoms with Gasteiger partial charge in [0.05, 0.1) is 12.1 Å². The molecule has 0 saturated carbocycles. The summed E-state index contributed by atoms with van der Waals surface area (Å²) in [5.74, 6) is -1.52. The number of H-pyrrole nitrogens is 1. The Morgan fingerprint density at radius 3 is 2.67 bits per heavy atom. The van der Waals surface area contributed by atoms with Gasteiger partial charge < -0.3 is 9.88 Å². The maximum atomic E-state index is 14.4. The van der Waals surface area contributed by atoms with E-state index in [-0.39, 0.29) is 12.1 Å². The van der Waals surface area contributed by atoms with E-state index in [1.54, 1.807) is 30.5 Å². The normalized spacial score (nSPS) is 11.1. The number of anilines is 2. The molecule has 1 N–H and O–H groups in total. The number of pyridine rings is 1. The van der Waals surface area contributed by atoms with E-state index in [1.807, 2.05) is 17.9 Å². The van der Waals surface area contributed by atoms with Crippen molar-refractivity contribution in [1.29, 1.82) is 0 Å². The molecule has 30 heavy (non-hydrogen) atoms. The van der Waals surface area contributed by atoms with Gasteiger partial charge in [-0.3, -0.25) is 4.79 Å². The fourth-order valence-electron chi connectivity index (χ4n) is 3.52. The molecule has 2 heterocycles. The second-order valence-corrected chi connectivity index (χ2v) is 7.12. The minimum absolute atomic E-state index is 0.152. The summed E-state index contributed by atoms with van der Waals surface area (Å²) in [7, 11) is 0. The zero-order valence-corrected chi connectivity index (χ0v) is 16.8. The van der Waals surface area contributed by atoms with E-state index in [4.69, 9.17) is 11.6 Å². The number of hydrogen-bond donors (Lipinski definition) is 1. The molecule has 4 aromatic rings. The van der Waals surface area contributed by atoms with Gasteiger partial charge in [-0.2, -0.15) is 0 Å². The summed E-state index contributed by atoms with van der Waals surface area (Å²) >= 11 is 6.19. The molecule has 0 aliphatic heterocycles. The third-order valence-electron chi connectivity index (χ3n) is 4.93. The van der Waals surface area contributed by atoms with E-state index in [1.165, 1.54) is 12.4 Å². The number of nitrogens with one attached hydrogen (secondary N) is 1. The monoisotopic (exact) mass is 426 g/mol. The molecule has 2 aromatic heterocycles. The summed E-state index contributed by atoms with van der Waals surface area (Å²) in [5, 5.41) is 0.970. The Kier molecular flexibility index (Phi) is 5.46. The van der Waals surface area contributed by atoms with Crippen molar-refractivity contribution >= 4 is 34.0 Å². The van der Waals surface area contributed by atoms with Crippen LogP contribution in [0.3, 0.4) is 0 Å². The lowest BCUT2D eigenvalue weighted by atomic mass is 10.00. The van der Waals surface area contributed by atoms with Crippen LogP contribution in [-0.2, 0) is 13.0 Å². The fourth-order valence-corrected chi connectivity index (χ4v) is 3.70. The molecule has 0 amide bonds. The van der Waals surface area contributed by atoms with Gasteiger partial charge in [-0.15, -0.1) is 0 Å². The second-order valence-electron chi connectivity index (χ2n) is 6.68. The summed E-state index contributed by atoms with van der Waals surface area (Å²) in [5.41, 5.74) is 1.22. The molecule has 0 fully saturated rings. The second kappa shape index (κ2) is 8.20. The number of halogens is 3. The van der Waals surface area contributed by atoms with Crippen molar-refractivity contribution in [1.82, 2.24) is 15.0 Å². The molecule has 152 valence electrons. The first kappa shape index (κ1) is 20.0. The Labute approximate surface area is 176 Å². The third-order valence-corrected chi connectivity index (χ3v) is 5.16. The predicted octanol–water partition coefficient (Wildman–Crippen LogP) is 5.15. The molecular formula is C22H17ClF2N4O. The van der Waals surface area contributed by atoms with Gasteiger partial charge in [0.1, 0.15) is 12.1 Å². The quantitative estimate of drug-likeness (QED) is 0.479. The lowest BCUT2D eigenvalue weighted by Gasteiger charge is -2.26. The number of nitrogens with zero attached hydrogens (tertiary/aromatic N) is 3. The Morgan fingerprint density at radius 1 is 1.13 bits per heavy atom. The van der Waals surface area contributed by atoms with Crippen molar-refractivity contribution in [2.24, 2.45) is 0 Å². The molecule has 4 rings (SSSR count). The Morgan fingerprint density at radius 2 is 1.97 bits per heavy atom. The van der Waals surface area contributed by atoms with Crippen LogP contribution in [-0.4, -0.2) is 15.0 Å². The minimum Gasteiger partial charge on any atom is -0.322 e. The zero-order chi connectivity index (χ0) is 21.3. The topological polar surface area (TPSA) is 61.9 Å². The highest BCUT2D eigenvalue weighted by molar-refractivity contribution is 6.30. The number of hydrogen-bond acceptors (Lipinski definition) is 4. The van der Waals surface area contributed by atoms with Gasteiger partial charge in [0, 0.05) is 27.9 Å². The Hall–Kier alpha value is -3.32. The number of aromatic amines is 1. The van der Waals surface area contributed by atoms with Crippen LogP contribution in [0.2, 0.25) is 5.02 Å². The van der Waals surface area contributed by atoms with Crippen molar-refractivity contribution in [3.63, 3.8) is 0 Å². The number of fused-ring (bicyclic) bond motifs is 1. The highest BCUT2D eigenvalue weighted by atomic mass is 35.5.